The van der Waals surface area contributed by atoms with Gasteiger partial charge < -0.3 is 10.2 Å². The number of nitrogens with one attached hydrogen (secondary N) is 1. The molecule has 1 fully saturated rings. The third-order valence-electron chi connectivity index (χ3n) is 3.89. The first-order chi connectivity index (χ1) is 8.91. The van der Waals surface area contributed by atoms with Crippen molar-refractivity contribution in [3.05, 3.63) is 35.9 Å². The largest absolute Gasteiger partial charge is 0.334 e. The number of amides is 1. The summed E-state index contributed by atoms with van der Waals surface area (Å²) in [7, 11) is 0. The monoisotopic (exact) mass is 260 g/mol. The van der Waals surface area contributed by atoms with Crippen molar-refractivity contribution >= 4 is 5.91 Å². The van der Waals surface area contributed by atoms with E-state index in [2.05, 4.69) is 38.2 Å². The van der Waals surface area contributed by atoms with Crippen molar-refractivity contribution in [2.75, 3.05) is 13.1 Å². The van der Waals surface area contributed by atoms with Crippen molar-refractivity contribution in [1.29, 1.82) is 0 Å². The van der Waals surface area contributed by atoms with Crippen LogP contribution < -0.4 is 5.32 Å². The minimum atomic E-state index is -0.104. The molecule has 1 saturated heterocycles. The van der Waals surface area contributed by atoms with Crippen molar-refractivity contribution in [2.24, 2.45) is 5.41 Å². The highest BCUT2D eigenvalue weighted by molar-refractivity contribution is 5.82. The summed E-state index contributed by atoms with van der Waals surface area (Å²) in [6.45, 7) is 10.1. The summed E-state index contributed by atoms with van der Waals surface area (Å²) < 4.78 is 0. The molecule has 1 aliphatic rings. The van der Waals surface area contributed by atoms with E-state index < -0.39 is 0 Å². The zero-order valence-corrected chi connectivity index (χ0v) is 12.3. The molecule has 104 valence electrons. The van der Waals surface area contributed by atoms with Crippen LogP contribution in [0.2, 0.25) is 0 Å². The van der Waals surface area contributed by atoms with Gasteiger partial charge in [-0.3, -0.25) is 4.79 Å². The Hall–Kier alpha value is -1.35. The first-order valence-corrected chi connectivity index (χ1v) is 6.99. The molecule has 2 unspecified atom stereocenters. The third kappa shape index (κ3) is 3.16. The van der Waals surface area contributed by atoms with Crippen LogP contribution in [-0.4, -0.2) is 29.9 Å². The van der Waals surface area contributed by atoms with Gasteiger partial charge in [-0.25, -0.2) is 0 Å². The molecular formula is C16H24N2O. The molecule has 1 aliphatic heterocycles. The van der Waals surface area contributed by atoms with Crippen molar-refractivity contribution in [3.8, 4) is 0 Å². The highest BCUT2D eigenvalue weighted by Crippen LogP contribution is 2.28. The van der Waals surface area contributed by atoms with Crippen LogP contribution in [0, 0.1) is 5.41 Å². The summed E-state index contributed by atoms with van der Waals surface area (Å²) in [5.41, 5.74) is 1.30. The van der Waals surface area contributed by atoms with E-state index in [9.17, 15) is 4.79 Å². The minimum absolute atomic E-state index is 0.101. The Kier molecular flexibility index (Phi) is 3.95. The zero-order valence-electron chi connectivity index (χ0n) is 12.3. The number of carbonyl (C=O) groups excluding carboxylic acids is 1. The molecule has 3 heteroatoms. The first kappa shape index (κ1) is 14.1. The molecular weight excluding hydrogens is 236 g/mol. The normalized spacial score (nSPS) is 24.9. The van der Waals surface area contributed by atoms with Gasteiger partial charge in [-0.2, -0.15) is 0 Å². The van der Waals surface area contributed by atoms with Gasteiger partial charge in [0.05, 0.1) is 12.1 Å². The Morgan fingerprint density at radius 3 is 2.58 bits per heavy atom. The second-order valence-corrected chi connectivity index (χ2v) is 6.32. The molecule has 0 aromatic heterocycles. The van der Waals surface area contributed by atoms with Crippen LogP contribution >= 0.6 is 0 Å². The van der Waals surface area contributed by atoms with Crippen LogP contribution in [0.15, 0.2) is 30.3 Å². The van der Waals surface area contributed by atoms with Crippen molar-refractivity contribution < 1.29 is 4.79 Å². The van der Waals surface area contributed by atoms with Gasteiger partial charge in [-0.15, -0.1) is 0 Å². The minimum Gasteiger partial charge on any atom is -0.334 e. The van der Waals surface area contributed by atoms with Gasteiger partial charge >= 0.3 is 0 Å². The van der Waals surface area contributed by atoms with Crippen LogP contribution in [-0.2, 0) is 4.79 Å². The molecule has 1 N–H and O–H groups in total. The van der Waals surface area contributed by atoms with E-state index in [1.54, 1.807) is 0 Å². The lowest BCUT2D eigenvalue weighted by Gasteiger charge is -2.34. The summed E-state index contributed by atoms with van der Waals surface area (Å²) in [6, 6.07) is 10.3. The van der Waals surface area contributed by atoms with E-state index in [1.807, 2.05) is 30.0 Å². The van der Waals surface area contributed by atoms with Gasteiger partial charge in [0, 0.05) is 13.1 Å². The maximum Gasteiger partial charge on any atom is 0.239 e. The summed E-state index contributed by atoms with van der Waals surface area (Å²) in [6.07, 6.45) is 0. The topological polar surface area (TPSA) is 32.3 Å². The SMILES string of the molecule is CC1NCC(C)(C)CN(C(C)c2ccccc2)C1=O. The fourth-order valence-corrected chi connectivity index (χ4v) is 2.60. The van der Waals surface area contributed by atoms with E-state index in [1.165, 1.54) is 5.56 Å². The average Bonchev–Trinajstić information content (AvgIpc) is 2.51. The molecule has 1 amide bonds. The average molecular weight is 260 g/mol. The summed E-state index contributed by atoms with van der Waals surface area (Å²) >= 11 is 0. The predicted molar refractivity (Wildman–Crippen MR) is 77.8 cm³/mol. The Labute approximate surface area is 116 Å². The molecule has 1 aromatic rings. The third-order valence-corrected chi connectivity index (χ3v) is 3.89. The molecule has 0 bridgehead atoms. The van der Waals surface area contributed by atoms with Gasteiger partial charge in [0.25, 0.3) is 0 Å². The van der Waals surface area contributed by atoms with Crippen molar-refractivity contribution in [2.45, 2.75) is 39.8 Å². The fraction of sp³-hybridized carbons (Fsp3) is 0.562. The molecule has 1 aromatic carbocycles. The lowest BCUT2D eigenvalue weighted by atomic mass is 9.92. The predicted octanol–water partition coefficient (Wildman–Crippen LogP) is 2.59. The number of hydrogen-bond donors (Lipinski definition) is 1. The lowest BCUT2D eigenvalue weighted by Crippen LogP contribution is -2.43. The molecule has 0 saturated carbocycles. The van der Waals surface area contributed by atoms with Crippen LogP contribution in [0.3, 0.4) is 0 Å². The molecule has 19 heavy (non-hydrogen) atoms. The van der Waals surface area contributed by atoms with E-state index >= 15 is 0 Å². The van der Waals surface area contributed by atoms with Crippen molar-refractivity contribution in [1.82, 2.24) is 10.2 Å². The lowest BCUT2D eigenvalue weighted by molar-refractivity contribution is -0.135. The molecule has 2 atom stereocenters. The quantitative estimate of drug-likeness (QED) is 0.886. The van der Waals surface area contributed by atoms with Crippen LogP contribution in [0.4, 0.5) is 0 Å². The standard InChI is InChI=1S/C16H24N2O/c1-12-15(19)18(11-16(3,4)10-17-12)13(2)14-8-6-5-7-9-14/h5-9,12-13,17H,10-11H2,1-4H3. The maximum absolute atomic E-state index is 12.5. The van der Waals surface area contributed by atoms with Gasteiger partial charge in [0.2, 0.25) is 5.91 Å². The highest BCUT2D eigenvalue weighted by atomic mass is 16.2. The second kappa shape index (κ2) is 5.33. The van der Waals surface area contributed by atoms with Crippen LogP contribution in [0.5, 0.6) is 0 Å². The number of hydrogen-bond acceptors (Lipinski definition) is 2. The first-order valence-electron chi connectivity index (χ1n) is 6.99. The number of nitrogens with zero attached hydrogens (tertiary/aromatic N) is 1. The summed E-state index contributed by atoms with van der Waals surface area (Å²) in [5.74, 6) is 0.196. The Bertz CT molecular complexity index is 441. The molecule has 1 heterocycles. The highest BCUT2D eigenvalue weighted by Gasteiger charge is 2.34. The smallest absolute Gasteiger partial charge is 0.239 e. The Morgan fingerprint density at radius 2 is 1.95 bits per heavy atom. The number of carbonyl (C=O) groups is 1. The van der Waals surface area contributed by atoms with E-state index in [4.69, 9.17) is 0 Å². The zero-order chi connectivity index (χ0) is 14.0. The maximum atomic E-state index is 12.5. The van der Waals surface area contributed by atoms with Gasteiger partial charge in [-0.1, -0.05) is 44.2 Å². The van der Waals surface area contributed by atoms with Gasteiger partial charge in [0.1, 0.15) is 0 Å². The fourth-order valence-electron chi connectivity index (χ4n) is 2.60. The summed E-state index contributed by atoms with van der Waals surface area (Å²) in [5, 5.41) is 3.33. The van der Waals surface area contributed by atoms with Gasteiger partial charge in [0.15, 0.2) is 0 Å². The van der Waals surface area contributed by atoms with Crippen LogP contribution in [0.1, 0.15) is 39.3 Å². The number of benzene rings is 1. The Morgan fingerprint density at radius 1 is 1.32 bits per heavy atom. The molecule has 0 radical (unpaired) electrons. The van der Waals surface area contributed by atoms with Crippen LogP contribution in [0.25, 0.3) is 0 Å². The second-order valence-electron chi connectivity index (χ2n) is 6.32. The van der Waals surface area contributed by atoms with E-state index in [-0.39, 0.29) is 23.4 Å². The molecule has 0 spiro atoms. The van der Waals surface area contributed by atoms with E-state index in [0.717, 1.165) is 13.1 Å². The molecule has 0 aliphatic carbocycles. The summed E-state index contributed by atoms with van der Waals surface area (Å²) in [4.78, 5) is 14.5. The molecule has 3 nitrogen and oxygen atoms in total. The van der Waals surface area contributed by atoms with E-state index in [0.29, 0.717) is 0 Å². The molecule has 2 rings (SSSR count). The van der Waals surface area contributed by atoms with Gasteiger partial charge in [-0.05, 0) is 24.8 Å². The Balaban J connectivity index is 2.27. The number of rotatable bonds is 2. The van der Waals surface area contributed by atoms with Crippen molar-refractivity contribution in [3.63, 3.8) is 0 Å².